The van der Waals surface area contributed by atoms with Crippen LogP contribution in [0.2, 0.25) is 0 Å². The van der Waals surface area contributed by atoms with Crippen LogP contribution in [0.5, 0.6) is 0 Å². The Bertz CT molecular complexity index is 512. The topological polar surface area (TPSA) is 75.9 Å². The minimum absolute atomic E-state index is 0.306. The number of nitrogen functional groups attached to an aromatic ring is 1. The number of thiophene rings is 1. The summed E-state index contributed by atoms with van der Waals surface area (Å²) in [6.45, 7) is 4.21. The number of nitrogens with one attached hydrogen (secondary N) is 2. The summed E-state index contributed by atoms with van der Waals surface area (Å²) in [5.74, 6) is 7.01. The molecule has 0 aliphatic heterocycles. The van der Waals surface area contributed by atoms with Crippen molar-refractivity contribution in [1.29, 1.82) is 0 Å². The number of hydrogen-bond acceptors (Lipinski definition) is 6. The molecule has 0 aromatic carbocycles. The number of aromatic nitrogens is 2. The van der Waals surface area contributed by atoms with Crippen molar-refractivity contribution in [3.8, 4) is 0 Å². The number of anilines is 2. The standard InChI is InChI=1S/C13H19N5S/c1-3-11-12(15-8-16-13(11)18-14)17-9(2)6-10-4-5-19-7-10/h4-5,7-9H,3,6,14H2,1-2H3,(H2,15,16,17,18). The van der Waals surface area contributed by atoms with E-state index >= 15 is 0 Å². The molecule has 6 heteroatoms. The van der Waals surface area contributed by atoms with E-state index in [2.05, 4.69) is 51.4 Å². The van der Waals surface area contributed by atoms with E-state index in [1.807, 2.05) is 0 Å². The molecular formula is C13H19N5S. The molecule has 0 spiro atoms. The molecule has 0 bridgehead atoms. The van der Waals surface area contributed by atoms with Gasteiger partial charge in [0, 0.05) is 11.6 Å². The fourth-order valence-corrected chi connectivity index (χ4v) is 2.72. The smallest absolute Gasteiger partial charge is 0.148 e. The second kappa shape index (κ2) is 6.49. The van der Waals surface area contributed by atoms with Crippen molar-refractivity contribution in [2.75, 3.05) is 10.7 Å². The molecule has 0 amide bonds. The zero-order chi connectivity index (χ0) is 13.7. The molecule has 1 atom stereocenters. The van der Waals surface area contributed by atoms with Crippen LogP contribution in [-0.2, 0) is 12.8 Å². The minimum Gasteiger partial charge on any atom is -0.367 e. The van der Waals surface area contributed by atoms with Crippen LogP contribution in [0.25, 0.3) is 0 Å². The van der Waals surface area contributed by atoms with E-state index in [9.17, 15) is 0 Å². The predicted molar refractivity (Wildman–Crippen MR) is 80.3 cm³/mol. The fraction of sp³-hybridized carbons (Fsp3) is 0.385. The van der Waals surface area contributed by atoms with Gasteiger partial charge in [0.05, 0.1) is 0 Å². The maximum atomic E-state index is 5.47. The summed E-state index contributed by atoms with van der Waals surface area (Å²) < 4.78 is 0. The highest BCUT2D eigenvalue weighted by Gasteiger charge is 2.11. The van der Waals surface area contributed by atoms with E-state index in [1.54, 1.807) is 11.3 Å². The lowest BCUT2D eigenvalue weighted by Crippen LogP contribution is -2.21. The first-order valence-electron chi connectivity index (χ1n) is 6.32. The highest BCUT2D eigenvalue weighted by molar-refractivity contribution is 7.07. The Balaban J connectivity index is 2.09. The van der Waals surface area contributed by atoms with E-state index in [4.69, 9.17) is 5.84 Å². The first-order chi connectivity index (χ1) is 9.24. The summed E-state index contributed by atoms with van der Waals surface area (Å²) in [4.78, 5) is 8.44. The van der Waals surface area contributed by atoms with Gasteiger partial charge in [0.1, 0.15) is 18.0 Å². The molecule has 0 aliphatic rings. The van der Waals surface area contributed by atoms with Crippen LogP contribution in [0, 0.1) is 0 Å². The van der Waals surface area contributed by atoms with Gasteiger partial charge in [-0.05, 0) is 42.2 Å². The molecule has 19 heavy (non-hydrogen) atoms. The van der Waals surface area contributed by atoms with E-state index in [0.29, 0.717) is 11.9 Å². The second-order valence-corrected chi connectivity index (χ2v) is 5.21. The number of nitrogens with zero attached hydrogens (tertiary/aromatic N) is 2. The molecule has 0 saturated carbocycles. The Labute approximate surface area is 117 Å². The van der Waals surface area contributed by atoms with E-state index in [-0.39, 0.29) is 0 Å². The van der Waals surface area contributed by atoms with Crippen molar-refractivity contribution in [2.24, 2.45) is 5.84 Å². The van der Waals surface area contributed by atoms with Gasteiger partial charge in [-0.3, -0.25) is 0 Å². The normalized spacial score (nSPS) is 12.2. The SMILES string of the molecule is CCc1c(NN)ncnc1NC(C)Cc1ccsc1. The molecule has 0 fully saturated rings. The first-order valence-corrected chi connectivity index (χ1v) is 7.27. The van der Waals surface area contributed by atoms with Crippen molar-refractivity contribution in [2.45, 2.75) is 32.7 Å². The quantitative estimate of drug-likeness (QED) is 0.558. The van der Waals surface area contributed by atoms with Crippen molar-refractivity contribution >= 4 is 23.0 Å². The molecule has 1 unspecified atom stereocenters. The zero-order valence-corrected chi connectivity index (χ0v) is 12.0. The van der Waals surface area contributed by atoms with Gasteiger partial charge >= 0.3 is 0 Å². The molecule has 2 heterocycles. The molecule has 0 saturated heterocycles. The lowest BCUT2D eigenvalue weighted by Gasteiger charge is -2.17. The van der Waals surface area contributed by atoms with E-state index < -0.39 is 0 Å². The third-order valence-electron chi connectivity index (χ3n) is 2.94. The molecule has 2 aromatic heterocycles. The van der Waals surface area contributed by atoms with Crippen LogP contribution in [-0.4, -0.2) is 16.0 Å². The lowest BCUT2D eigenvalue weighted by atomic mass is 10.1. The number of nitrogens with two attached hydrogens (primary N) is 1. The van der Waals surface area contributed by atoms with Crippen LogP contribution >= 0.6 is 11.3 Å². The van der Waals surface area contributed by atoms with Crippen LogP contribution in [0.4, 0.5) is 11.6 Å². The van der Waals surface area contributed by atoms with Crippen molar-refractivity contribution in [3.63, 3.8) is 0 Å². The Kier molecular flexibility index (Phi) is 4.70. The van der Waals surface area contributed by atoms with Crippen LogP contribution in [0.15, 0.2) is 23.2 Å². The highest BCUT2D eigenvalue weighted by Crippen LogP contribution is 2.21. The second-order valence-electron chi connectivity index (χ2n) is 4.43. The number of hydrogen-bond donors (Lipinski definition) is 3. The largest absolute Gasteiger partial charge is 0.367 e. The number of rotatable bonds is 6. The Morgan fingerprint density at radius 2 is 2.16 bits per heavy atom. The van der Waals surface area contributed by atoms with Gasteiger partial charge in [-0.15, -0.1) is 0 Å². The Morgan fingerprint density at radius 3 is 2.79 bits per heavy atom. The minimum atomic E-state index is 0.306. The summed E-state index contributed by atoms with van der Waals surface area (Å²) in [5, 5.41) is 7.70. The maximum absolute atomic E-state index is 5.47. The van der Waals surface area contributed by atoms with Gasteiger partial charge in [0.15, 0.2) is 0 Å². The van der Waals surface area contributed by atoms with Crippen LogP contribution in [0.1, 0.15) is 25.0 Å². The van der Waals surface area contributed by atoms with Crippen LogP contribution in [0.3, 0.4) is 0 Å². The molecule has 2 aromatic rings. The van der Waals surface area contributed by atoms with Gasteiger partial charge in [-0.2, -0.15) is 11.3 Å². The zero-order valence-electron chi connectivity index (χ0n) is 11.2. The summed E-state index contributed by atoms with van der Waals surface area (Å²) in [6.07, 6.45) is 3.32. The van der Waals surface area contributed by atoms with E-state index in [1.165, 1.54) is 11.9 Å². The first kappa shape index (κ1) is 13.8. The predicted octanol–water partition coefficient (Wildman–Crippen LogP) is 2.43. The Morgan fingerprint density at radius 1 is 1.37 bits per heavy atom. The molecule has 0 radical (unpaired) electrons. The van der Waals surface area contributed by atoms with Crippen molar-refractivity contribution < 1.29 is 0 Å². The lowest BCUT2D eigenvalue weighted by molar-refractivity contribution is 0.782. The molecular weight excluding hydrogens is 258 g/mol. The molecule has 102 valence electrons. The van der Waals surface area contributed by atoms with E-state index in [0.717, 1.165) is 24.2 Å². The fourth-order valence-electron chi connectivity index (χ4n) is 2.04. The van der Waals surface area contributed by atoms with Crippen molar-refractivity contribution in [1.82, 2.24) is 9.97 Å². The van der Waals surface area contributed by atoms with Gasteiger partial charge in [0.2, 0.25) is 0 Å². The Hall–Kier alpha value is -1.66. The monoisotopic (exact) mass is 277 g/mol. The molecule has 2 rings (SSSR count). The van der Waals surface area contributed by atoms with Crippen LogP contribution < -0.4 is 16.6 Å². The van der Waals surface area contributed by atoms with Gasteiger partial charge in [0.25, 0.3) is 0 Å². The average molecular weight is 277 g/mol. The third kappa shape index (κ3) is 3.42. The summed E-state index contributed by atoms with van der Waals surface area (Å²) in [5.41, 5.74) is 4.97. The van der Waals surface area contributed by atoms with Crippen molar-refractivity contribution in [3.05, 3.63) is 34.3 Å². The summed E-state index contributed by atoms with van der Waals surface area (Å²) in [7, 11) is 0. The maximum Gasteiger partial charge on any atom is 0.148 e. The summed E-state index contributed by atoms with van der Waals surface area (Å²) in [6, 6.07) is 2.46. The summed E-state index contributed by atoms with van der Waals surface area (Å²) >= 11 is 1.72. The molecule has 4 N–H and O–H groups in total. The molecule has 0 aliphatic carbocycles. The van der Waals surface area contributed by atoms with Gasteiger partial charge < -0.3 is 10.7 Å². The molecule has 5 nitrogen and oxygen atoms in total. The number of hydrazine groups is 1. The highest BCUT2D eigenvalue weighted by atomic mass is 32.1. The third-order valence-corrected chi connectivity index (χ3v) is 3.67. The van der Waals surface area contributed by atoms with Gasteiger partial charge in [-0.1, -0.05) is 6.92 Å². The average Bonchev–Trinajstić information content (AvgIpc) is 2.91. The van der Waals surface area contributed by atoms with Gasteiger partial charge in [-0.25, -0.2) is 15.8 Å².